The molecule has 2 aliphatic heterocycles. The number of allylic oxidation sites excluding steroid dienone is 1. The number of ketones is 1. The Kier molecular flexibility index (Phi) is 2.64. The van der Waals surface area contributed by atoms with Crippen LogP contribution >= 0.6 is 0 Å². The average molecular weight is 334 g/mol. The molecule has 2 fully saturated rings. The molecule has 3 heterocycles. The minimum absolute atomic E-state index is 0.142. The molecule has 3 atom stereocenters. The van der Waals surface area contributed by atoms with Crippen molar-refractivity contribution < 1.29 is 9.53 Å². The van der Waals surface area contributed by atoms with E-state index in [1.807, 2.05) is 0 Å². The number of rotatable bonds is 0. The molecule has 4 nitrogen and oxygen atoms in total. The summed E-state index contributed by atoms with van der Waals surface area (Å²) >= 11 is 0. The number of morpholine rings is 1. The van der Waals surface area contributed by atoms with E-state index in [9.17, 15) is 4.79 Å². The van der Waals surface area contributed by atoms with E-state index in [2.05, 4.69) is 40.2 Å². The molecule has 1 aromatic carbocycles. The monoisotopic (exact) mass is 334 g/mol. The summed E-state index contributed by atoms with van der Waals surface area (Å²) in [5, 5.41) is 1.34. The lowest BCUT2D eigenvalue weighted by Crippen LogP contribution is -2.69. The Balaban J connectivity index is 1.52. The van der Waals surface area contributed by atoms with Crippen LogP contribution in [0.1, 0.15) is 43.0 Å². The molecule has 0 spiro atoms. The zero-order valence-corrected chi connectivity index (χ0v) is 14.3. The topological polar surface area (TPSA) is 45.3 Å². The van der Waals surface area contributed by atoms with Crippen molar-refractivity contribution in [1.29, 1.82) is 0 Å². The highest BCUT2D eigenvalue weighted by Crippen LogP contribution is 2.57. The smallest absolute Gasteiger partial charge is 0.157 e. The van der Waals surface area contributed by atoms with Crippen LogP contribution in [0.25, 0.3) is 10.9 Å². The van der Waals surface area contributed by atoms with Crippen molar-refractivity contribution in [2.24, 2.45) is 0 Å². The summed E-state index contributed by atoms with van der Waals surface area (Å²) in [6.07, 6.45) is 8.75. The van der Waals surface area contributed by atoms with Crippen LogP contribution in [0.4, 0.5) is 0 Å². The van der Waals surface area contributed by atoms with Gasteiger partial charge in [-0.05, 0) is 49.5 Å². The van der Waals surface area contributed by atoms with Gasteiger partial charge < -0.3 is 9.72 Å². The number of para-hydroxylation sites is 1. The molecule has 25 heavy (non-hydrogen) atoms. The van der Waals surface area contributed by atoms with Crippen molar-refractivity contribution in [2.75, 3.05) is 13.2 Å². The maximum Gasteiger partial charge on any atom is 0.157 e. The summed E-state index contributed by atoms with van der Waals surface area (Å²) in [6.45, 7) is 1.73. The van der Waals surface area contributed by atoms with Crippen molar-refractivity contribution in [3.63, 3.8) is 0 Å². The fraction of sp³-hybridized carbons (Fsp3) is 0.476. The van der Waals surface area contributed by atoms with Crippen molar-refractivity contribution in [1.82, 2.24) is 9.88 Å². The molecule has 4 aliphatic rings. The Morgan fingerprint density at radius 1 is 1.24 bits per heavy atom. The van der Waals surface area contributed by atoms with Gasteiger partial charge in [-0.3, -0.25) is 9.69 Å². The molecule has 0 bridgehead atoms. The van der Waals surface area contributed by atoms with Crippen LogP contribution in [0, 0.1) is 0 Å². The fourth-order valence-corrected chi connectivity index (χ4v) is 6.11. The number of carbonyl (C=O) groups excluding carboxylic acids is 1. The van der Waals surface area contributed by atoms with Crippen molar-refractivity contribution >= 4 is 16.7 Å². The number of nitrogens with zero attached hydrogens (tertiary/aromatic N) is 1. The first-order chi connectivity index (χ1) is 12.2. The predicted molar refractivity (Wildman–Crippen MR) is 95.5 cm³/mol. The Morgan fingerprint density at radius 2 is 2.16 bits per heavy atom. The van der Waals surface area contributed by atoms with Crippen LogP contribution in [0.3, 0.4) is 0 Å². The highest BCUT2D eigenvalue weighted by atomic mass is 16.5. The van der Waals surface area contributed by atoms with E-state index >= 15 is 0 Å². The number of carbonyl (C=O) groups is 1. The summed E-state index contributed by atoms with van der Waals surface area (Å²) in [4.78, 5) is 18.6. The number of ether oxygens (including phenoxy) is 1. The molecule has 1 N–H and O–H groups in total. The standard InChI is InChI=1S/C21H22N2O2/c24-14-6-10-21-9-3-8-20(21,12-14)23-11-7-16-15-4-1-2-5-17(15)22-19(16)18(23)13-25-21/h1-2,4-6,10,18,22H,3,7-9,11-13H2/t18-,20?,21+/m1/s1. The van der Waals surface area contributed by atoms with E-state index < -0.39 is 0 Å². The van der Waals surface area contributed by atoms with E-state index in [0.29, 0.717) is 13.0 Å². The minimum Gasteiger partial charge on any atom is -0.367 e. The molecule has 4 heteroatoms. The second-order valence-corrected chi connectivity index (χ2v) is 8.08. The summed E-state index contributed by atoms with van der Waals surface area (Å²) in [5.41, 5.74) is 3.58. The lowest BCUT2D eigenvalue weighted by Gasteiger charge is -2.59. The molecule has 2 aliphatic carbocycles. The molecule has 1 saturated heterocycles. The van der Waals surface area contributed by atoms with Gasteiger partial charge in [0.05, 0.1) is 18.2 Å². The number of fused-ring (bicyclic) bond motifs is 5. The van der Waals surface area contributed by atoms with E-state index in [-0.39, 0.29) is 23.0 Å². The third-order valence-electron chi connectivity index (χ3n) is 7.14. The number of hydrogen-bond acceptors (Lipinski definition) is 3. The van der Waals surface area contributed by atoms with Gasteiger partial charge in [-0.15, -0.1) is 0 Å². The van der Waals surface area contributed by atoms with E-state index in [0.717, 1.165) is 32.2 Å². The summed E-state index contributed by atoms with van der Waals surface area (Å²) in [5.74, 6) is 0.254. The van der Waals surface area contributed by atoms with Crippen LogP contribution in [0.2, 0.25) is 0 Å². The Bertz CT molecular complexity index is 929. The van der Waals surface area contributed by atoms with Crippen LogP contribution in [-0.4, -0.2) is 40.0 Å². The lowest BCUT2D eigenvalue weighted by atomic mass is 9.70. The first kappa shape index (κ1) is 14.3. The average Bonchev–Trinajstić information content (AvgIpc) is 3.20. The number of aromatic nitrogens is 1. The highest BCUT2D eigenvalue weighted by molar-refractivity contribution is 5.92. The first-order valence-corrected chi connectivity index (χ1v) is 9.45. The summed E-state index contributed by atoms with van der Waals surface area (Å²) in [6, 6.07) is 8.82. The van der Waals surface area contributed by atoms with Crippen molar-refractivity contribution in [3.8, 4) is 0 Å². The second-order valence-electron chi connectivity index (χ2n) is 8.08. The molecule has 0 amide bonds. The maximum absolute atomic E-state index is 12.3. The molecule has 2 aromatic rings. The van der Waals surface area contributed by atoms with Crippen molar-refractivity contribution in [3.05, 3.63) is 47.7 Å². The molecule has 6 rings (SSSR count). The molecule has 128 valence electrons. The molecule has 1 saturated carbocycles. The number of benzene rings is 1. The summed E-state index contributed by atoms with van der Waals surface area (Å²) < 4.78 is 6.55. The van der Waals surface area contributed by atoms with E-state index in [1.165, 1.54) is 22.2 Å². The van der Waals surface area contributed by atoms with Gasteiger partial charge in [0.2, 0.25) is 0 Å². The van der Waals surface area contributed by atoms with Gasteiger partial charge in [-0.25, -0.2) is 0 Å². The predicted octanol–water partition coefficient (Wildman–Crippen LogP) is 3.29. The van der Waals surface area contributed by atoms with Gasteiger partial charge >= 0.3 is 0 Å². The van der Waals surface area contributed by atoms with Crippen molar-refractivity contribution in [2.45, 2.75) is 49.3 Å². The first-order valence-electron chi connectivity index (χ1n) is 9.45. The highest BCUT2D eigenvalue weighted by Gasteiger charge is 2.64. The van der Waals surface area contributed by atoms with Crippen LogP contribution in [-0.2, 0) is 16.0 Å². The van der Waals surface area contributed by atoms with Crippen LogP contribution in [0.5, 0.6) is 0 Å². The van der Waals surface area contributed by atoms with E-state index in [4.69, 9.17) is 4.74 Å². The lowest BCUT2D eigenvalue weighted by molar-refractivity contribution is -0.194. The molecule has 1 unspecified atom stereocenters. The number of H-pyrrole nitrogens is 1. The quantitative estimate of drug-likeness (QED) is 0.804. The van der Waals surface area contributed by atoms with Gasteiger partial charge in [-0.2, -0.15) is 0 Å². The van der Waals surface area contributed by atoms with Crippen LogP contribution in [0.15, 0.2) is 36.4 Å². The molecular formula is C21H22N2O2. The van der Waals surface area contributed by atoms with Gasteiger partial charge in [0, 0.05) is 29.6 Å². The van der Waals surface area contributed by atoms with Gasteiger partial charge in [0.1, 0.15) is 5.60 Å². The van der Waals surface area contributed by atoms with Crippen LogP contribution < -0.4 is 0 Å². The van der Waals surface area contributed by atoms with Gasteiger partial charge in [-0.1, -0.05) is 18.2 Å². The molecule has 1 aromatic heterocycles. The van der Waals surface area contributed by atoms with Gasteiger partial charge in [0.25, 0.3) is 0 Å². The molecule has 0 radical (unpaired) electrons. The second kappa shape index (κ2) is 4.63. The Hall–Kier alpha value is -1.91. The zero-order chi connectivity index (χ0) is 16.6. The largest absolute Gasteiger partial charge is 0.367 e. The number of hydrogen-bond donors (Lipinski definition) is 1. The third kappa shape index (κ3) is 1.62. The fourth-order valence-electron chi connectivity index (χ4n) is 6.11. The minimum atomic E-state index is -0.249. The zero-order valence-electron chi connectivity index (χ0n) is 14.3. The number of nitrogens with one attached hydrogen (secondary N) is 1. The maximum atomic E-state index is 12.3. The number of aromatic amines is 1. The normalized spacial score (nSPS) is 36.8. The molecular weight excluding hydrogens is 312 g/mol. The Labute approximate surface area is 146 Å². The van der Waals surface area contributed by atoms with Gasteiger partial charge in [0.15, 0.2) is 5.78 Å². The van der Waals surface area contributed by atoms with E-state index in [1.54, 1.807) is 6.08 Å². The SMILES string of the molecule is O=C1C=C[C@@]23CCCC2(C1)N1CCc2c([nH]c4ccccc24)[C@H]1CO3. The Morgan fingerprint density at radius 3 is 3.12 bits per heavy atom. The third-order valence-corrected chi connectivity index (χ3v) is 7.14. The summed E-state index contributed by atoms with van der Waals surface area (Å²) in [7, 11) is 0.